The lowest BCUT2D eigenvalue weighted by Crippen LogP contribution is -2.37. The highest BCUT2D eigenvalue weighted by atomic mass is 16.3. The van der Waals surface area contributed by atoms with Gasteiger partial charge in [0.2, 0.25) is 0 Å². The van der Waals surface area contributed by atoms with Gasteiger partial charge in [0, 0.05) is 6.04 Å². The van der Waals surface area contributed by atoms with Crippen LogP contribution in [0.5, 0.6) is 0 Å². The molecule has 2 N–H and O–H groups in total. The van der Waals surface area contributed by atoms with Gasteiger partial charge < -0.3 is 10.4 Å². The van der Waals surface area contributed by atoms with Crippen LogP contribution in [-0.4, -0.2) is 17.8 Å². The summed E-state index contributed by atoms with van der Waals surface area (Å²) in [5.41, 5.74) is 1.19. The molecule has 0 amide bonds. The highest BCUT2D eigenvalue weighted by Crippen LogP contribution is 2.28. The lowest BCUT2D eigenvalue weighted by Gasteiger charge is -2.31. The van der Waals surface area contributed by atoms with E-state index >= 15 is 0 Å². The fourth-order valence-corrected chi connectivity index (χ4v) is 2.96. The average molecular weight is 247 g/mol. The first-order valence-corrected chi connectivity index (χ1v) is 7.25. The summed E-state index contributed by atoms with van der Waals surface area (Å²) in [5.74, 6) is 0.923. The summed E-state index contributed by atoms with van der Waals surface area (Å²) in [6.45, 7) is 2.47. The second kappa shape index (κ2) is 6.91. The van der Waals surface area contributed by atoms with Crippen molar-refractivity contribution in [2.75, 3.05) is 6.61 Å². The zero-order chi connectivity index (χ0) is 12.8. The summed E-state index contributed by atoms with van der Waals surface area (Å²) >= 11 is 0. The van der Waals surface area contributed by atoms with Gasteiger partial charge in [-0.05, 0) is 37.2 Å². The van der Waals surface area contributed by atoms with Gasteiger partial charge in [0.15, 0.2) is 0 Å². The van der Waals surface area contributed by atoms with Crippen LogP contribution in [0.3, 0.4) is 0 Å². The van der Waals surface area contributed by atoms with Crippen LogP contribution in [0.2, 0.25) is 0 Å². The molecule has 1 aliphatic carbocycles. The predicted molar refractivity (Wildman–Crippen MR) is 75.4 cm³/mol. The molecule has 1 aromatic rings. The number of aliphatic hydroxyl groups is 1. The number of nitrogens with one attached hydrogen (secondary N) is 1. The molecular formula is C16H25NO. The maximum absolute atomic E-state index is 9.55. The van der Waals surface area contributed by atoms with Crippen molar-refractivity contribution in [3.8, 4) is 0 Å². The number of benzene rings is 1. The number of hydrogen-bond acceptors (Lipinski definition) is 2. The monoisotopic (exact) mass is 247 g/mol. The molecule has 1 aliphatic rings. The van der Waals surface area contributed by atoms with Crippen molar-refractivity contribution in [2.24, 2.45) is 5.92 Å². The Labute approximate surface area is 110 Å². The molecule has 0 radical (unpaired) electrons. The highest BCUT2D eigenvalue weighted by molar-refractivity contribution is 5.19. The molecule has 0 bridgehead atoms. The van der Waals surface area contributed by atoms with E-state index in [-0.39, 0.29) is 12.6 Å². The van der Waals surface area contributed by atoms with E-state index in [2.05, 4.69) is 24.4 Å². The van der Waals surface area contributed by atoms with Crippen molar-refractivity contribution in [2.45, 2.75) is 51.1 Å². The normalized spacial score (nSPS) is 25.9. The molecule has 2 nitrogen and oxygen atoms in total. The Morgan fingerprint density at radius 3 is 2.39 bits per heavy atom. The van der Waals surface area contributed by atoms with Crippen LogP contribution in [0.25, 0.3) is 0 Å². The van der Waals surface area contributed by atoms with E-state index < -0.39 is 0 Å². The largest absolute Gasteiger partial charge is 0.394 e. The minimum atomic E-state index is 0.0920. The molecule has 0 saturated heterocycles. The van der Waals surface area contributed by atoms with E-state index in [1.807, 2.05) is 18.2 Å². The smallest absolute Gasteiger partial charge is 0.0626 e. The molecule has 1 atom stereocenters. The maximum Gasteiger partial charge on any atom is 0.0626 e. The highest BCUT2D eigenvalue weighted by Gasteiger charge is 2.22. The lowest BCUT2D eigenvalue weighted by molar-refractivity contribution is 0.207. The van der Waals surface area contributed by atoms with E-state index in [1.165, 1.54) is 37.7 Å². The zero-order valence-corrected chi connectivity index (χ0v) is 11.3. The molecule has 2 heteroatoms. The van der Waals surface area contributed by atoms with E-state index in [0.717, 1.165) is 5.92 Å². The van der Waals surface area contributed by atoms with Gasteiger partial charge in [-0.1, -0.05) is 43.7 Å². The number of aliphatic hydroxyl groups excluding tert-OH is 1. The van der Waals surface area contributed by atoms with E-state index in [4.69, 9.17) is 0 Å². The van der Waals surface area contributed by atoms with Gasteiger partial charge in [0.05, 0.1) is 12.6 Å². The van der Waals surface area contributed by atoms with Crippen LogP contribution in [0.15, 0.2) is 30.3 Å². The fraction of sp³-hybridized carbons (Fsp3) is 0.625. The second-order valence-electron chi connectivity index (χ2n) is 5.44. The molecule has 100 valence electrons. The fourth-order valence-electron chi connectivity index (χ4n) is 2.96. The van der Waals surface area contributed by atoms with Gasteiger partial charge in [-0.25, -0.2) is 0 Å². The van der Waals surface area contributed by atoms with Gasteiger partial charge in [-0.15, -0.1) is 0 Å². The Hall–Kier alpha value is -0.860. The van der Waals surface area contributed by atoms with Gasteiger partial charge in [0.25, 0.3) is 0 Å². The van der Waals surface area contributed by atoms with Gasteiger partial charge in [-0.2, -0.15) is 0 Å². The summed E-state index contributed by atoms with van der Waals surface area (Å²) < 4.78 is 0. The number of rotatable bonds is 5. The first kappa shape index (κ1) is 13.6. The molecular weight excluding hydrogens is 222 g/mol. The zero-order valence-electron chi connectivity index (χ0n) is 11.3. The Bertz CT molecular complexity index is 330. The van der Waals surface area contributed by atoms with Crippen molar-refractivity contribution >= 4 is 0 Å². The minimum Gasteiger partial charge on any atom is -0.394 e. The molecule has 0 aromatic heterocycles. The molecule has 0 heterocycles. The molecule has 1 aromatic carbocycles. The van der Waals surface area contributed by atoms with Crippen molar-refractivity contribution in [1.82, 2.24) is 5.32 Å². The van der Waals surface area contributed by atoms with Crippen molar-refractivity contribution in [3.63, 3.8) is 0 Å². The molecule has 18 heavy (non-hydrogen) atoms. The maximum atomic E-state index is 9.55. The van der Waals surface area contributed by atoms with Crippen LogP contribution >= 0.6 is 0 Å². The molecule has 1 fully saturated rings. The van der Waals surface area contributed by atoms with Crippen LogP contribution in [0.4, 0.5) is 0 Å². The van der Waals surface area contributed by atoms with Gasteiger partial charge >= 0.3 is 0 Å². The van der Waals surface area contributed by atoms with Gasteiger partial charge in [-0.3, -0.25) is 0 Å². The standard InChI is InChI=1S/C16H25NO/c1-2-13-8-10-15(11-9-13)17-16(12-18)14-6-4-3-5-7-14/h3-7,13,15-18H,2,8-12H2,1H3. The average Bonchev–Trinajstić information content (AvgIpc) is 2.46. The van der Waals surface area contributed by atoms with Crippen molar-refractivity contribution in [3.05, 3.63) is 35.9 Å². The topological polar surface area (TPSA) is 32.3 Å². The molecule has 0 aliphatic heterocycles. The summed E-state index contributed by atoms with van der Waals surface area (Å²) in [6.07, 6.45) is 6.49. The Morgan fingerprint density at radius 2 is 1.83 bits per heavy atom. The molecule has 2 rings (SSSR count). The minimum absolute atomic E-state index is 0.0920. The van der Waals surface area contributed by atoms with E-state index in [9.17, 15) is 5.11 Å². The second-order valence-corrected chi connectivity index (χ2v) is 5.44. The molecule has 1 unspecified atom stereocenters. The Balaban J connectivity index is 1.88. The third-order valence-electron chi connectivity index (χ3n) is 4.25. The third-order valence-corrected chi connectivity index (χ3v) is 4.25. The van der Waals surface area contributed by atoms with Crippen LogP contribution in [0.1, 0.15) is 50.6 Å². The van der Waals surface area contributed by atoms with Crippen LogP contribution < -0.4 is 5.32 Å². The summed E-state index contributed by atoms with van der Waals surface area (Å²) in [5, 5.41) is 13.2. The van der Waals surface area contributed by atoms with Crippen molar-refractivity contribution < 1.29 is 5.11 Å². The quantitative estimate of drug-likeness (QED) is 0.837. The van der Waals surface area contributed by atoms with Crippen LogP contribution in [0, 0.1) is 5.92 Å². The third kappa shape index (κ3) is 3.56. The summed E-state index contributed by atoms with van der Waals surface area (Å²) in [4.78, 5) is 0. The molecule has 1 saturated carbocycles. The summed E-state index contributed by atoms with van der Waals surface area (Å²) in [6, 6.07) is 10.9. The predicted octanol–water partition coefficient (Wildman–Crippen LogP) is 3.28. The first-order valence-electron chi connectivity index (χ1n) is 7.25. The number of hydrogen-bond donors (Lipinski definition) is 2. The first-order chi connectivity index (χ1) is 8.83. The van der Waals surface area contributed by atoms with E-state index in [1.54, 1.807) is 0 Å². The Kier molecular flexibility index (Phi) is 5.21. The van der Waals surface area contributed by atoms with Crippen molar-refractivity contribution in [1.29, 1.82) is 0 Å². The van der Waals surface area contributed by atoms with E-state index in [0.29, 0.717) is 6.04 Å². The summed E-state index contributed by atoms with van der Waals surface area (Å²) in [7, 11) is 0. The SMILES string of the molecule is CCC1CCC(NC(CO)c2ccccc2)CC1. The van der Waals surface area contributed by atoms with Crippen LogP contribution in [-0.2, 0) is 0 Å². The lowest BCUT2D eigenvalue weighted by atomic mass is 9.84. The Morgan fingerprint density at radius 1 is 1.17 bits per heavy atom. The van der Waals surface area contributed by atoms with Gasteiger partial charge in [0.1, 0.15) is 0 Å². The molecule has 0 spiro atoms.